The Kier molecular flexibility index (Phi) is 6.41. The standard InChI is InChI=1S/C28H29ClFN5O/c1-27(2)14-19(15-28(3,4)35-27)36-34-26-21-12-17(8-10-24(21)32-16-33-26)20-6-5-11-31-25(20)18-7-9-23(30)22(29)13-18/h5-13,16,19,35H,14-15H2,1-4H3,(H,32,33,34). The van der Waals surface area contributed by atoms with Crippen LogP contribution in [0.5, 0.6) is 0 Å². The predicted octanol–water partition coefficient (Wildman–Crippen LogP) is 6.80. The van der Waals surface area contributed by atoms with Gasteiger partial charge >= 0.3 is 0 Å². The van der Waals surface area contributed by atoms with E-state index in [1.807, 2.05) is 30.3 Å². The van der Waals surface area contributed by atoms with Gasteiger partial charge in [-0.25, -0.2) is 19.8 Å². The van der Waals surface area contributed by atoms with Crippen molar-refractivity contribution < 1.29 is 9.23 Å². The monoisotopic (exact) mass is 505 g/mol. The number of rotatable bonds is 5. The molecule has 6 nitrogen and oxygen atoms in total. The van der Waals surface area contributed by atoms with E-state index in [0.717, 1.165) is 40.4 Å². The number of nitrogens with one attached hydrogen (secondary N) is 2. The van der Waals surface area contributed by atoms with Gasteiger partial charge in [-0.05, 0) is 82.5 Å². The van der Waals surface area contributed by atoms with Gasteiger partial charge in [-0.1, -0.05) is 23.7 Å². The zero-order chi connectivity index (χ0) is 25.5. The second-order valence-corrected chi connectivity index (χ2v) is 11.0. The Balaban J connectivity index is 1.48. The van der Waals surface area contributed by atoms with Gasteiger partial charge in [0, 0.05) is 33.8 Å². The van der Waals surface area contributed by atoms with E-state index in [1.165, 1.54) is 12.4 Å². The Hall–Kier alpha value is -3.13. The number of hydrogen-bond donors (Lipinski definition) is 2. The molecule has 1 saturated heterocycles. The molecule has 5 rings (SSSR count). The molecular weight excluding hydrogens is 477 g/mol. The third kappa shape index (κ3) is 5.19. The third-order valence-corrected chi connectivity index (χ3v) is 6.71. The normalized spacial score (nSPS) is 17.3. The number of halogens is 2. The molecule has 3 heterocycles. The second-order valence-electron chi connectivity index (χ2n) is 10.6. The maximum atomic E-state index is 13.8. The lowest BCUT2D eigenvalue weighted by Gasteiger charge is -2.45. The molecule has 2 aromatic heterocycles. The first kappa shape index (κ1) is 24.6. The van der Waals surface area contributed by atoms with Gasteiger partial charge in [0.15, 0.2) is 5.82 Å². The summed E-state index contributed by atoms with van der Waals surface area (Å²) in [5.41, 5.74) is 7.10. The van der Waals surface area contributed by atoms with Gasteiger partial charge in [0.2, 0.25) is 0 Å². The number of pyridine rings is 1. The highest BCUT2D eigenvalue weighted by Gasteiger charge is 2.38. The van der Waals surface area contributed by atoms with Crippen LogP contribution in [0.1, 0.15) is 40.5 Å². The van der Waals surface area contributed by atoms with Crippen molar-refractivity contribution in [2.45, 2.75) is 57.7 Å². The molecule has 1 aliphatic heterocycles. The molecule has 1 aliphatic rings. The molecule has 0 bridgehead atoms. The number of piperidine rings is 1. The number of nitrogens with zero attached hydrogens (tertiary/aromatic N) is 3. The summed E-state index contributed by atoms with van der Waals surface area (Å²) in [5.74, 6) is 0.142. The largest absolute Gasteiger partial charge is 0.307 e. The number of fused-ring (bicyclic) bond motifs is 1. The average molecular weight is 506 g/mol. The molecule has 36 heavy (non-hydrogen) atoms. The highest BCUT2D eigenvalue weighted by atomic mass is 35.5. The molecule has 0 aliphatic carbocycles. The van der Waals surface area contributed by atoms with E-state index >= 15 is 0 Å². The summed E-state index contributed by atoms with van der Waals surface area (Å²) < 4.78 is 13.8. The average Bonchev–Trinajstić information content (AvgIpc) is 2.82. The maximum absolute atomic E-state index is 13.8. The molecule has 8 heteroatoms. The lowest BCUT2D eigenvalue weighted by atomic mass is 9.81. The molecular formula is C28H29ClFN5O. The summed E-state index contributed by atoms with van der Waals surface area (Å²) in [6, 6.07) is 14.4. The van der Waals surface area contributed by atoms with Crippen LogP contribution >= 0.6 is 11.6 Å². The van der Waals surface area contributed by atoms with E-state index in [4.69, 9.17) is 16.4 Å². The Morgan fingerprint density at radius 1 is 0.972 bits per heavy atom. The SMILES string of the molecule is CC1(C)CC(ONc2ncnc3ccc(-c4cccnc4-c4ccc(F)c(Cl)c4)cc23)CC(C)(C)N1. The van der Waals surface area contributed by atoms with Crippen LogP contribution in [0.25, 0.3) is 33.3 Å². The van der Waals surface area contributed by atoms with Crippen molar-refractivity contribution in [3.05, 3.63) is 71.9 Å². The van der Waals surface area contributed by atoms with Crippen LogP contribution in [0.2, 0.25) is 5.02 Å². The van der Waals surface area contributed by atoms with Crippen molar-refractivity contribution in [1.29, 1.82) is 0 Å². The topological polar surface area (TPSA) is 72.0 Å². The van der Waals surface area contributed by atoms with Gasteiger partial charge in [0.05, 0.1) is 22.3 Å². The first-order valence-electron chi connectivity index (χ1n) is 12.0. The van der Waals surface area contributed by atoms with E-state index < -0.39 is 5.82 Å². The Bertz CT molecular complexity index is 1410. The lowest BCUT2D eigenvalue weighted by Crippen LogP contribution is -2.59. The fourth-order valence-corrected chi connectivity index (χ4v) is 5.45. The lowest BCUT2D eigenvalue weighted by molar-refractivity contribution is 0.00442. The predicted molar refractivity (Wildman–Crippen MR) is 142 cm³/mol. The molecule has 0 radical (unpaired) electrons. The number of anilines is 1. The molecule has 0 atom stereocenters. The van der Waals surface area contributed by atoms with Crippen LogP contribution in [-0.4, -0.2) is 32.1 Å². The fourth-order valence-electron chi connectivity index (χ4n) is 5.27. The van der Waals surface area contributed by atoms with Crippen LogP contribution < -0.4 is 10.8 Å². The quantitative estimate of drug-likeness (QED) is 0.290. The summed E-state index contributed by atoms with van der Waals surface area (Å²) in [6.07, 6.45) is 5.01. The fraction of sp³-hybridized carbons (Fsp3) is 0.321. The number of benzene rings is 2. The minimum absolute atomic E-state index is 0.0256. The first-order valence-corrected chi connectivity index (χ1v) is 12.3. The van der Waals surface area contributed by atoms with Crippen molar-refractivity contribution in [2.75, 3.05) is 5.48 Å². The Labute approximate surface area is 215 Å². The van der Waals surface area contributed by atoms with E-state index in [1.54, 1.807) is 18.3 Å². The van der Waals surface area contributed by atoms with Crippen LogP contribution in [0.15, 0.2) is 61.1 Å². The highest BCUT2D eigenvalue weighted by Crippen LogP contribution is 2.35. The zero-order valence-corrected chi connectivity index (χ0v) is 21.5. The molecule has 0 spiro atoms. The molecule has 1 fully saturated rings. The van der Waals surface area contributed by atoms with E-state index in [0.29, 0.717) is 11.5 Å². The summed E-state index contributed by atoms with van der Waals surface area (Å²) in [5, 5.41) is 4.56. The van der Waals surface area contributed by atoms with E-state index in [2.05, 4.69) is 53.4 Å². The van der Waals surface area contributed by atoms with Crippen molar-refractivity contribution in [1.82, 2.24) is 20.3 Å². The zero-order valence-electron chi connectivity index (χ0n) is 20.8. The van der Waals surface area contributed by atoms with Crippen molar-refractivity contribution in [3.63, 3.8) is 0 Å². The van der Waals surface area contributed by atoms with Crippen LogP contribution in [0.4, 0.5) is 10.2 Å². The molecule has 4 aromatic rings. The summed E-state index contributed by atoms with van der Waals surface area (Å²) in [7, 11) is 0. The second kappa shape index (κ2) is 9.39. The minimum atomic E-state index is -0.461. The molecule has 2 N–H and O–H groups in total. The molecule has 186 valence electrons. The van der Waals surface area contributed by atoms with Gasteiger partial charge in [-0.15, -0.1) is 0 Å². The minimum Gasteiger partial charge on any atom is -0.307 e. The Morgan fingerprint density at radius 3 is 2.47 bits per heavy atom. The highest BCUT2D eigenvalue weighted by molar-refractivity contribution is 6.31. The van der Waals surface area contributed by atoms with E-state index in [9.17, 15) is 4.39 Å². The summed E-state index contributed by atoms with van der Waals surface area (Å²) in [4.78, 5) is 19.6. The molecule has 0 amide bonds. The smallest absolute Gasteiger partial charge is 0.161 e. The first-order chi connectivity index (χ1) is 17.1. The van der Waals surface area contributed by atoms with Crippen molar-refractivity contribution in [2.24, 2.45) is 0 Å². The number of aromatic nitrogens is 3. The van der Waals surface area contributed by atoms with Gasteiger partial charge in [0.25, 0.3) is 0 Å². The van der Waals surface area contributed by atoms with Gasteiger partial charge in [-0.2, -0.15) is 0 Å². The molecule has 2 aromatic carbocycles. The van der Waals surface area contributed by atoms with Gasteiger partial charge in [-0.3, -0.25) is 9.82 Å². The Morgan fingerprint density at radius 2 is 1.72 bits per heavy atom. The van der Waals surface area contributed by atoms with Crippen LogP contribution in [0.3, 0.4) is 0 Å². The summed E-state index contributed by atoms with van der Waals surface area (Å²) >= 11 is 6.05. The van der Waals surface area contributed by atoms with Gasteiger partial charge in [0.1, 0.15) is 12.1 Å². The van der Waals surface area contributed by atoms with Gasteiger partial charge < -0.3 is 5.32 Å². The molecule has 0 unspecified atom stereocenters. The van der Waals surface area contributed by atoms with Crippen molar-refractivity contribution in [3.8, 4) is 22.4 Å². The molecule has 0 saturated carbocycles. The van der Waals surface area contributed by atoms with Crippen molar-refractivity contribution >= 4 is 28.3 Å². The van der Waals surface area contributed by atoms with Crippen LogP contribution in [-0.2, 0) is 4.84 Å². The number of hydrogen-bond acceptors (Lipinski definition) is 6. The maximum Gasteiger partial charge on any atom is 0.161 e. The van der Waals surface area contributed by atoms with Crippen LogP contribution in [0, 0.1) is 5.82 Å². The third-order valence-electron chi connectivity index (χ3n) is 6.42. The summed E-state index contributed by atoms with van der Waals surface area (Å²) in [6.45, 7) is 8.76. The van der Waals surface area contributed by atoms with E-state index in [-0.39, 0.29) is 22.2 Å².